The minimum atomic E-state index is 0.446. The second-order valence-electron chi connectivity index (χ2n) is 2.74. The van der Waals surface area contributed by atoms with Crippen molar-refractivity contribution in [3.05, 3.63) is 36.1 Å². The highest BCUT2D eigenvalue weighted by atomic mass is 16.4. The Morgan fingerprint density at radius 1 is 1.57 bits per heavy atom. The van der Waals surface area contributed by atoms with Crippen molar-refractivity contribution < 1.29 is 9.21 Å². The lowest BCUT2D eigenvalue weighted by molar-refractivity contribution is -0.105. The number of furan rings is 1. The van der Waals surface area contributed by atoms with Gasteiger partial charge in [-0.3, -0.25) is 10.1 Å². The third-order valence-corrected chi connectivity index (χ3v) is 1.76. The summed E-state index contributed by atoms with van der Waals surface area (Å²) in [5.74, 6) is 2.03. The second kappa shape index (κ2) is 3.78. The molecule has 0 aliphatic rings. The summed E-state index contributed by atoms with van der Waals surface area (Å²) in [4.78, 5) is 17.1. The smallest absolute Gasteiger partial charge is 0.213 e. The third kappa shape index (κ3) is 1.82. The van der Waals surface area contributed by atoms with Gasteiger partial charge in [-0.2, -0.15) is 0 Å². The predicted molar refractivity (Wildman–Crippen MR) is 49.8 cm³/mol. The van der Waals surface area contributed by atoms with Gasteiger partial charge in [-0.25, -0.2) is 4.98 Å². The summed E-state index contributed by atoms with van der Waals surface area (Å²) in [6.45, 7) is 0. The molecule has 14 heavy (non-hydrogen) atoms. The highest BCUT2D eigenvalue weighted by Gasteiger charge is 2.03. The quantitative estimate of drug-likeness (QED) is 0.712. The number of rotatable bonds is 4. The zero-order valence-electron chi connectivity index (χ0n) is 7.36. The lowest BCUT2D eigenvalue weighted by Crippen LogP contribution is -1.91. The number of amides is 1. The molecule has 0 aliphatic carbocycles. The Morgan fingerprint density at radius 2 is 2.50 bits per heavy atom. The highest BCUT2D eigenvalue weighted by Crippen LogP contribution is 2.14. The fourth-order valence-electron chi connectivity index (χ4n) is 1.17. The monoisotopic (exact) mass is 191 g/mol. The number of aromatic nitrogens is 2. The Kier molecular flexibility index (Phi) is 2.31. The first-order valence-corrected chi connectivity index (χ1v) is 4.15. The molecule has 1 amide bonds. The van der Waals surface area contributed by atoms with Crippen molar-refractivity contribution in [3.8, 4) is 0 Å². The average Bonchev–Trinajstić information content (AvgIpc) is 2.79. The Hall–Kier alpha value is -2.04. The molecule has 0 fully saturated rings. The van der Waals surface area contributed by atoms with Gasteiger partial charge in [-0.15, -0.1) is 0 Å². The molecule has 2 heterocycles. The molecule has 2 rings (SSSR count). The predicted octanol–water partition coefficient (Wildman–Crippen LogP) is 1.16. The van der Waals surface area contributed by atoms with E-state index in [-0.39, 0.29) is 0 Å². The molecule has 72 valence electrons. The maximum absolute atomic E-state index is 10.1. The molecule has 2 N–H and O–H groups in total. The second-order valence-corrected chi connectivity index (χ2v) is 2.74. The maximum atomic E-state index is 10.1. The van der Waals surface area contributed by atoms with Crippen LogP contribution in [0, 0.1) is 0 Å². The van der Waals surface area contributed by atoms with Crippen molar-refractivity contribution in [2.24, 2.45) is 0 Å². The fraction of sp³-hybridized carbons (Fsp3) is 0.111. The summed E-state index contributed by atoms with van der Waals surface area (Å²) in [5, 5.41) is 2.43. The van der Waals surface area contributed by atoms with Crippen LogP contribution in [0.5, 0.6) is 0 Å². The average molecular weight is 191 g/mol. The van der Waals surface area contributed by atoms with Crippen molar-refractivity contribution in [2.45, 2.75) is 6.42 Å². The number of anilines is 1. The van der Waals surface area contributed by atoms with Crippen molar-refractivity contribution in [1.82, 2.24) is 9.97 Å². The molecular formula is C9H9N3O2. The van der Waals surface area contributed by atoms with E-state index in [4.69, 9.17) is 4.42 Å². The van der Waals surface area contributed by atoms with Crippen LogP contribution < -0.4 is 5.32 Å². The molecule has 0 saturated carbocycles. The number of carbonyl (C=O) groups is 1. The summed E-state index contributed by atoms with van der Waals surface area (Å²) in [7, 11) is 0. The minimum absolute atomic E-state index is 0.446. The molecule has 2 aromatic rings. The molecule has 5 nitrogen and oxygen atoms in total. The summed E-state index contributed by atoms with van der Waals surface area (Å²) >= 11 is 0. The molecule has 0 saturated heterocycles. The van der Waals surface area contributed by atoms with Crippen molar-refractivity contribution >= 4 is 12.3 Å². The van der Waals surface area contributed by atoms with Crippen LogP contribution >= 0.6 is 0 Å². The molecule has 0 radical (unpaired) electrons. The molecule has 0 unspecified atom stereocenters. The van der Waals surface area contributed by atoms with E-state index >= 15 is 0 Å². The number of nitrogens with one attached hydrogen (secondary N) is 2. The van der Waals surface area contributed by atoms with Crippen LogP contribution in [0.4, 0.5) is 5.88 Å². The maximum Gasteiger partial charge on any atom is 0.213 e. The lowest BCUT2D eigenvalue weighted by atomic mass is 10.3. The molecule has 0 aliphatic heterocycles. The summed E-state index contributed by atoms with van der Waals surface area (Å²) < 4.78 is 5.30. The number of H-pyrrole nitrogens is 1. The van der Waals surface area contributed by atoms with Gasteiger partial charge >= 0.3 is 0 Å². The number of nitrogens with zero attached hydrogens (tertiary/aromatic N) is 1. The van der Waals surface area contributed by atoms with Gasteiger partial charge in [0.15, 0.2) is 5.88 Å². The molecule has 5 heteroatoms. The summed E-state index contributed by atoms with van der Waals surface area (Å²) in [6.07, 6.45) is 4.61. The van der Waals surface area contributed by atoms with E-state index in [1.54, 1.807) is 24.5 Å². The molecule has 0 atom stereocenters. The van der Waals surface area contributed by atoms with Crippen LogP contribution in [0.2, 0.25) is 0 Å². The standard InChI is InChI=1S/C9H9N3O2/c13-6-12-9-2-1-7(14-9)5-8-10-3-4-11-8/h1-4,6H,5H2,(H,10,11)(H,12,13). The van der Waals surface area contributed by atoms with E-state index in [9.17, 15) is 4.79 Å². The van der Waals surface area contributed by atoms with E-state index in [0.29, 0.717) is 18.7 Å². The van der Waals surface area contributed by atoms with Crippen LogP contribution in [0.3, 0.4) is 0 Å². The number of carbonyl (C=O) groups excluding carboxylic acids is 1. The molecule has 0 bridgehead atoms. The third-order valence-electron chi connectivity index (χ3n) is 1.76. The lowest BCUT2D eigenvalue weighted by Gasteiger charge is -1.92. The van der Waals surface area contributed by atoms with Gasteiger partial charge in [0, 0.05) is 18.5 Å². The van der Waals surface area contributed by atoms with Crippen LogP contribution in [-0.4, -0.2) is 16.4 Å². The number of hydrogen-bond donors (Lipinski definition) is 2. The number of hydrogen-bond acceptors (Lipinski definition) is 3. The first kappa shape index (κ1) is 8.55. The first-order chi connectivity index (χ1) is 6.88. The Labute approximate surface area is 80.2 Å². The van der Waals surface area contributed by atoms with Crippen LogP contribution in [-0.2, 0) is 11.2 Å². The Balaban J connectivity index is 2.06. The first-order valence-electron chi connectivity index (χ1n) is 4.15. The van der Waals surface area contributed by atoms with E-state index in [1.807, 2.05) is 0 Å². The van der Waals surface area contributed by atoms with Crippen LogP contribution in [0.25, 0.3) is 0 Å². The Morgan fingerprint density at radius 3 is 3.21 bits per heavy atom. The van der Waals surface area contributed by atoms with E-state index in [2.05, 4.69) is 15.3 Å². The molecule has 2 aromatic heterocycles. The van der Waals surface area contributed by atoms with Gasteiger partial charge in [0.25, 0.3) is 0 Å². The zero-order chi connectivity index (χ0) is 9.80. The molecule has 0 aromatic carbocycles. The van der Waals surface area contributed by atoms with Crippen molar-refractivity contribution in [2.75, 3.05) is 5.32 Å². The SMILES string of the molecule is O=CNc1ccc(Cc2ncc[nH]2)o1. The summed E-state index contributed by atoms with van der Waals surface area (Å²) in [6, 6.07) is 3.50. The van der Waals surface area contributed by atoms with E-state index in [1.165, 1.54) is 0 Å². The molecular weight excluding hydrogens is 182 g/mol. The van der Waals surface area contributed by atoms with Crippen molar-refractivity contribution in [3.63, 3.8) is 0 Å². The normalized spacial score (nSPS) is 10.0. The summed E-state index contributed by atoms with van der Waals surface area (Å²) in [5.41, 5.74) is 0. The van der Waals surface area contributed by atoms with Gasteiger partial charge in [0.1, 0.15) is 11.6 Å². The number of aromatic amines is 1. The van der Waals surface area contributed by atoms with E-state index < -0.39 is 0 Å². The number of imidazole rings is 1. The van der Waals surface area contributed by atoms with Gasteiger partial charge in [0.2, 0.25) is 6.41 Å². The van der Waals surface area contributed by atoms with Crippen LogP contribution in [0.1, 0.15) is 11.6 Å². The van der Waals surface area contributed by atoms with E-state index in [0.717, 1.165) is 11.6 Å². The highest BCUT2D eigenvalue weighted by molar-refractivity contribution is 5.67. The van der Waals surface area contributed by atoms with Gasteiger partial charge in [-0.05, 0) is 6.07 Å². The van der Waals surface area contributed by atoms with Gasteiger partial charge < -0.3 is 9.40 Å². The minimum Gasteiger partial charge on any atom is -0.445 e. The van der Waals surface area contributed by atoms with Gasteiger partial charge in [-0.1, -0.05) is 0 Å². The molecule has 0 spiro atoms. The topological polar surface area (TPSA) is 70.9 Å². The largest absolute Gasteiger partial charge is 0.445 e. The van der Waals surface area contributed by atoms with Crippen LogP contribution in [0.15, 0.2) is 28.9 Å². The zero-order valence-corrected chi connectivity index (χ0v) is 7.36. The fourth-order valence-corrected chi connectivity index (χ4v) is 1.17. The van der Waals surface area contributed by atoms with Crippen molar-refractivity contribution in [1.29, 1.82) is 0 Å². The Bertz CT molecular complexity index is 405. The van der Waals surface area contributed by atoms with Gasteiger partial charge in [0.05, 0.1) is 6.42 Å².